The van der Waals surface area contributed by atoms with Crippen LogP contribution in [0.2, 0.25) is 0 Å². The van der Waals surface area contributed by atoms with Gasteiger partial charge in [0, 0.05) is 10.5 Å². The molecule has 0 atom stereocenters. The van der Waals surface area contributed by atoms with Crippen molar-refractivity contribution in [3.63, 3.8) is 0 Å². The maximum atomic E-state index is 11.2. The number of aliphatic carboxylic acids is 1. The summed E-state index contributed by atoms with van der Waals surface area (Å²) in [6.45, 7) is -0.376. The third kappa shape index (κ3) is 4.27. The minimum atomic E-state index is -1.07. The van der Waals surface area contributed by atoms with Gasteiger partial charge in [-0.05, 0) is 17.7 Å². The van der Waals surface area contributed by atoms with E-state index in [-0.39, 0.29) is 6.54 Å². The average molecular weight is 284 g/mol. The van der Waals surface area contributed by atoms with Crippen molar-refractivity contribution in [1.29, 1.82) is 0 Å². The molecule has 1 rings (SSSR count). The Kier molecular flexibility index (Phi) is 4.72. The fraction of sp³-hybridized carbons (Fsp3) is 0.0909. The third-order valence-corrected chi connectivity index (χ3v) is 2.46. The fourth-order valence-electron chi connectivity index (χ4n) is 0.997. The predicted octanol–water partition coefficient (Wildman–Crippen LogP) is 1.66. The van der Waals surface area contributed by atoms with E-state index in [1.54, 1.807) is 6.08 Å². The molecule has 0 fully saturated rings. The van der Waals surface area contributed by atoms with Crippen molar-refractivity contribution >= 4 is 33.9 Å². The lowest BCUT2D eigenvalue weighted by molar-refractivity contribution is -0.137. The summed E-state index contributed by atoms with van der Waals surface area (Å²) >= 11 is 3.33. The summed E-state index contributed by atoms with van der Waals surface area (Å²) in [7, 11) is 0. The zero-order valence-electron chi connectivity index (χ0n) is 8.31. The Hall–Kier alpha value is -1.62. The van der Waals surface area contributed by atoms with E-state index in [1.807, 2.05) is 24.3 Å². The summed E-state index contributed by atoms with van der Waals surface area (Å²) in [6.07, 6.45) is 2.91. The monoisotopic (exact) mass is 283 g/mol. The predicted molar refractivity (Wildman–Crippen MR) is 63.8 cm³/mol. The van der Waals surface area contributed by atoms with Crippen LogP contribution in [0.5, 0.6) is 0 Å². The highest BCUT2D eigenvalue weighted by atomic mass is 79.9. The van der Waals surface area contributed by atoms with Crippen molar-refractivity contribution in [2.24, 2.45) is 0 Å². The summed E-state index contributed by atoms with van der Waals surface area (Å²) < 4.78 is 0.872. The number of nitrogens with one attached hydrogen (secondary N) is 1. The molecular formula is C11H10BrNO3. The molecule has 0 aliphatic heterocycles. The van der Waals surface area contributed by atoms with E-state index in [0.29, 0.717) is 0 Å². The van der Waals surface area contributed by atoms with Crippen LogP contribution in [0, 0.1) is 0 Å². The van der Waals surface area contributed by atoms with E-state index < -0.39 is 11.9 Å². The number of rotatable bonds is 4. The van der Waals surface area contributed by atoms with Gasteiger partial charge in [0.15, 0.2) is 0 Å². The van der Waals surface area contributed by atoms with Gasteiger partial charge in [-0.25, -0.2) is 0 Å². The highest BCUT2D eigenvalue weighted by molar-refractivity contribution is 9.10. The van der Waals surface area contributed by atoms with Gasteiger partial charge in [0.25, 0.3) is 0 Å². The summed E-state index contributed by atoms with van der Waals surface area (Å²) in [6, 6.07) is 7.41. The number of carboxylic acid groups (broad SMARTS) is 1. The van der Waals surface area contributed by atoms with Gasteiger partial charge >= 0.3 is 5.97 Å². The van der Waals surface area contributed by atoms with Crippen molar-refractivity contribution in [3.05, 3.63) is 40.4 Å². The van der Waals surface area contributed by atoms with Crippen LogP contribution in [0.1, 0.15) is 5.56 Å². The molecule has 4 nitrogen and oxygen atoms in total. The molecule has 0 aliphatic rings. The standard InChI is InChI=1S/C11H10BrNO3/c12-9-4-2-1-3-8(9)5-6-10(14)13-7-11(15)16/h1-6H,7H2,(H,13,14)(H,15,16)/b6-5+. The van der Waals surface area contributed by atoms with E-state index in [0.717, 1.165) is 10.0 Å². The molecule has 0 aromatic heterocycles. The first-order chi connectivity index (χ1) is 7.59. The lowest BCUT2D eigenvalue weighted by Crippen LogP contribution is -2.27. The largest absolute Gasteiger partial charge is 0.480 e. The Morgan fingerprint density at radius 2 is 2.06 bits per heavy atom. The second-order valence-electron chi connectivity index (χ2n) is 2.97. The zero-order chi connectivity index (χ0) is 12.0. The maximum Gasteiger partial charge on any atom is 0.322 e. The number of carboxylic acids is 1. The van der Waals surface area contributed by atoms with Gasteiger partial charge in [-0.2, -0.15) is 0 Å². The smallest absolute Gasteiger partial charge is 0.322 e. The molecule has 0 spiro atoms. The zero-order valence-corrected chi connectivity index (χ0v) is 9.90. The van der Waals surface area contributed by atoms with Crippen LogP contribution in [-0.4, -0.2) is 23.5 Å². The Balaban J connectivity index is 2.57. The lowest BCUT2D eigenvalue weighted by Gasteiger charge is -1.98. The first kappa shape index (κ1) is 12.4. The topological polar surface area (TPSA) is 66.4 Å². The van der Waals surface area contributed by atoms with Crippen LogP contribution in [0.4, 0.5) is 0 Å². The van der Waals surface area contributed by atoms with Crippen LogP contribution in [-0.2, 0) is 9.59 Å². The summed E-state index contributed by atoms with van der Waals surface area (Å²) in [5.74, 6) is -1.50. The summed E-state index contributed by atoms with van der Waals surface area (Å²) in [4.78, 5) is 21.3. The Morgan fingerprint density at radius 1 is 1.38 bits per heavy atom. The number of carbonyl (C=O) groups excluding carboxylic acids is 1. The van der Waals surface area contributed by atoms with Gasteiger partial charge in [0.1, 0.15) is 6.54 Å². The quantitative estimate of drug-likeness (QED) is 0.826. The van der Waals surface area contributed by atoms with Crippen molar-refractivity contribution in [2.45, 2.75) is 0 Å². The van der Waals surface area contributed by atoms with Gasteiger partial charge in [0.2, 0.25) is 5.91 Å². The molecule has 0 radical (unpaired) electrons. The highest BCUT2D eigenvalue weighted by Crippen LogP contribution is 2.16. The van der Waals surface area contributed by atoms with E-state index in [2.05, 4.69) is 21.2 Å². The van der Waals surface area contributed by atoms with E-state index in [1.165, 1.54) is 6.08 Å². The Morgan fingerprint density at radius 3 is 2.69 bits per heavy atom. The molecule has 5 heteroatoms. The van der Waals surface area contributed by atoms with E-state index in [9.17, 15) is 9.59 Å². The van der Waals surface area contributed by atoms with Gasteiger partial charge in [-0.15, -0.1) is 0 Å². The fourth-order valence-corrected chi connectivity index (χ4v) is 1.41. The number of carbonyl (C=O) groups is 2. The summed E-state index contributed by atoms with van der Waals surface area (Å²) in [5.41, 5.74) is 0.855. The van der Waals surface area contributed by atoms with Crippen molar-refractivity contribution in [1.82, 2.24) is 5.32 Å². The summed E-state index contributed by atoms with van der Waals surface area (Å²) in [5, 5.41) is 10.6. The van der Waals surface area contributed by atoms with Crippen LogP contribution in [0.25, 0.3) is 6.08 Å². The molecule has 0 bridgehead atoms. The number of halogens is 1. The van der Waals surface area contributed by atoms with E-state index >= 15 is 0 Å². The molecule has 0 saturated heterocycles. The van der Waals surface area contributed by atoms with Crippen LogP contribution in [0.15, 0.2) is 34.8 Å². The second kappa shape index (κ2) is 6.07. The molecule has 1 aromatic rings. The molecule has 0 saturated carbocycles. The molecule has 1 amide bonds. The van der Waals surface area contributed by atoms with E-state index in [4.69, 9.17) is 5.11 Å². The highest BCUT2D eigenvalue weighted by Gasteiger charge is 1.99. The van der Waals surface area contributed by atoms with Gasteiger partial charge in [-0.1, -0.05) is 34.1 Å². The molecule has 16 heavy (non-hydrogen) atoms. The van der Waals surface area contributed by atoms with Crippen LogP contribution < -0.4 is 5.32 Å². The molecule has 0 unspecified atom stereocenters. The van der Waals surface area contributed by atoms with Crippen molar-refractivity contribution < 1.29 is 14.7 Å². The van der Waals surface area contributed by atoms with Gasteiger partial charge in [-0.3, -0.25) is 9.59 Å². The normalized spacial score (nSPS) is 10.3. The first-order valence-corrected chi connectivity index (χ1v) is 5.31. The number of benzene rings is 1. The van der Waals surface area contributed by atoms with Crippen molar-refractivity contribution in [2.75, 3.05) is 6.54 Å². The molecule has 0 aliphatic carbocycles. The molecular weight excluding hydrogens is 274 g/mol. The molecule has 84 valence electrons. The minimum Gasteiger partial charge on any atom is -0.480 e. The third-order valence-electron chi connectivity index (χ3n) is 1.73. The lowest BCUT2D eigenvalue weighted by atomic mass is 10.2. The second-order valence-corrected chi connectivity index (χ2v) is 3.82. The van der Waals surface area contributed by atoms with Gasteiger partial charge in [0.05, 0.1) is 0 Å². The van der Waals surface area contributed by atoms with Crippen LogP contribution >= 0.6 is 15.9 Å². The molecule has 2 N–H and O–H groups in total. The average Bonchev–Trinajstić information content (AvgIpc) is 2.25. The maximum absolute atomic E-state index is 11.2. The number of amides is 1. The number of hydrogen-bond donors (Lipinski definition) is 2. The SMILES string of the molecule is O=C(O)CNC(=O)/C=C/c1ccccc1Br. The Labute approximate surface area is 101 Å². The van der Waals surface area contributed by atoms with Crippen molar-refractivity contribution in [3.8, 4) is 0 Å². The Bertz CT molecular complexity index is 429. The number of hydrogen-bond acceptors (Lipinski definition) is 2. The van der Waals surface area contributed by atoms with Gasteiger partial charge < -0.3 is 10.4 Å². The van der Waals surface area contributed by atoms with Crippen LogP contribution in [0.3, 0.4) is 0 Å². The minimum absolute atomic E-state index is 0.376. The molecule has 0 heterocycles. The first-order valence-electron chi connectivity index (χ1n) is 4.52. The molecule has 1 aromatic carbocycles.